The molecule has 1 saturated heterocycles. The number of likely N-dealkylation sites (tertiary alicyclic amines) is 1. The molecule has 1 aromatic carbocycles. The molecule has 41 heavy (non-hydrogen) atoms. The number of hydrogen-bond acceptors (Lipinski definition) is 6. The van der Waals surface area contributed by atoms with Crippen LogP contribution in [-0.2, 0) is 30.3 Å². The molecule has 230 valence electrons. The summed E-state index contributed by atoms with van der Waals surface area (Å²) in [6.07, 6.45) is 2.84. The minimum Gasteiger partial charge on any atom is -0.480 e. The number of methoxy groups -OCH3 is 2. The average molecular weight is 578 g/mol. The van der Waals surface area contributed by atoms with Gasteiger partial charge < -0.3 is 29.7 Å². The van der Waals surface area contributed by atoms with E-state index in [0.717, 1.165) is 25.7 Å². The topological polar surface area (TPSA) is 108 Å². The van der Waals surface area contributed by atoms with Gasteiger partial charge in [-0.15, -0.1) is 0 Å². The summed E-state index contributed by atoms with van der Waals surface area (Å²) in [5, 5.41) is 12.4. The van der Waals surface area contributed by atoms with Crippen molar-refractivity contribution in [2.45, 2.75) is 89.6 Å². The minimum atomic E-state index is -1.30. The molecular formula is C31H48FN3O6. The van der Waals surface area contributed by atoms with Crippen molar-refractivity contribution in [2.24, 2.45) is 17.3 Å². The maximum Gasteiger partial charge on any atom is 0.326 e. The lowest BCUT2D eigenvalue weighted by Crippen LogP contribution is -2.53. The zero-order valence-corrected chi connectivity index (χ0v) is 25.6. The maximum atomic E-state index is 14.2. The molecule has 3 rings (SSSR count). The number of ether oxygens (including phenoxy) is 2. The first-order valence-corrected chi connectivity index (χ1v) is 14.7. The fraction of sp³-hybridized carbons (Fsp3) is 0.710. The summed E-state index contributed by atoms with van der Waals surface area (Å²) in [4.78, 5) is 43.2. The maximum absolute atomic E-state index is 14.2. The molecule has 2 amide bonds. The van der Waals surface area contributed by atoms with Crippen LogP contribution in [0.3, 0.4) is 0 Å². The fourth-order valence-corrected chi connectivity index (χ4v) is 6.52. The highest BCUT2D eigenvalue weighted by molar-refractivity contribution is 5.85. The van der Waals surface area contributed by atoms with Crippen molar-refractivity contribution in [1.82, 2.24) is 15.1 Å². The third-order valence-corrected chi connectivity index (χ3v) is 9.26. The van der Waals surface area contributed by atoms with Crippen LogP contribution in [-0.4, -0.2) is 97.9 Å². The van der Waals surface area contributed by atoms with E-state index < -0.39 is 35.8 Å². The van der Waals surface area contributed by atoms with Crippen LogP contribution in [0.2, 0.25) is 0 Å². The van der Waals surface area contributed by atoms with Crippen LogP contribution >= 0.6 is 0 Å². The molecule has 1 aromatic rings. The summed E-state index contributed by atoms with van der Waals surface area (Å²) in [7, 11) is 7.17. The first kappa shape index (κ1) is 32.9. The molecule has 2 fully saturated rings. The largest absolute Gasteiger partial charge is 0.480 e. The molecule has 0 aromatic heterocycles. The van der Waals surface area contributed by atoms with Crippen LogP contribution in [0.25, 0.3) is 0 Å². The predicted molar refractivity (Wildman–Crippen MR) is 154 cm³/mol. The number of benzene rings is 1. The Balaban J connectivity index is 1.76. The van der Waals surface area contributed by atoms with Crippen molar-refractivity contribution < 1.29 is 33.4 Å². The fourth-order valence-electron chi connectivity index (χ4n) is 6.52. The molecule has 1 heterocycles. The molecule has 0 bridgehead atoms. The number of carboxylic acid groups (broad SMARTS) is 1. The number of carbonyl (C=O) groups excluding carboxylic acids is 2. The van der Waals surface area contributed by atoms with Gasteiger partial charge in [-0.3, -0.25) is 9.59 Å². The van der Waals surface area contributed by atoms with Crippen molar-refractivity contribution >= 4 is 17.8 Å². The van der Waals surface area contributed by atoms with Gasteiger partial charge in [-0.25, -0.2) is 9.18 Å². The van der Waals surface area contributed by atoms with Gasteiger partial charge in [0.05, 0.1) is 30.6 Å². The Hall–Kier alpha value is -2.56. The SMILES string of the molecule is CC[C@H](C)[C@@H]([C@@H](CC(=O)N1CC2(CC2)C[C@H]1[C@H](OC)[C@@H](C)C(=O)N[C@@H](Cc1ccccc1F)C(=O)O)OC)N(C)C. The first-order chi connectivity index (χ1) is 19.4. The number of aliphatic carboxylic acids is 1. The Morgan fingerprint density at radius 2 is 1.83 bits per heavy atom. The summed E-state index contributed by atoms with van der Waals surface area (Å²) in [6, 6.07) is 4.35. The summed E-state index contributed by atoms with van der Waals surface area (Å²) in [5.41, 5.74) is 0.252. The number of carboxylic acids is 1. The van der Waals surface area contributed by atoms with Crippen LogP contribution in [0.15, 0.2) is 24.3 Å². The van der Waals surface area contributed by atoms with E-state index in [4.69, 9.17) is 9.47 Å². The standard InChI is InChI=1S/C31H48FN3O6/c1-8-19(2)27(34(4)5)25(40-6)16-26(36)35-18-31(13-14-31)17-24(35)28(41-7)20(3)29(37)33-23(30(38)39)15-21-11-9-10-12-22(21)32/h9-12,19-20,23-25,27-28H,8,13-18H2,1-7H3,(H,33,37)(H,38,39)/t19-,20+,23-,24-,25+,27-,28+/m0/s1. The molecule has 0 unspecified atom stereocenters. The number of likely N-dealkylation sites (N-methyl/N-ethyl adjacent to an activating group) is 1. The van der Waals surface area contributed by atoms with Gasteiger partial charge in [-0.1, -0.05) is 45.4 Å². The van der Waals surface area contributed by atoms with Crippen molar-refractivity contribution in [2.75, 3.05) is 34.9 Å². The number of carbonyl (C=O) groups is 3. The number of nitrogens with zero attached hydrogens (tertiary/aromatic N) is 2. The Kier molecular flexibility index (Phi) is 11.3. The molecule has 0 radical (unpaired) electrons. The van der Waals surface area contributed by atoms with Gasteiger partial charge in [0.2, 0.25) is 11.8 Å². The highest BCUT2D eigenvalue weighted by Gasteiger charge is 2.56. The Bertz CT molecular complexity index is 1060. The van der Waals surface area contributed by atoms with Crippen LogP contribution < -0.4 is 5.32 Å². The quantitative estimate of drug-likeness (QED) is 0.329. The second kappa shape index (κ2) is 14.1. The predicted octanol–water partition coefficient (Wildman–Crippen LogP) is 3.35. The van der Waals surface area contributed by atoms with E-state index in [1.807, 2.05) is 19.0 Å². The van der Waals surface area contributed by atoms with Gasteiger partial charge in [0.25, 0.3) is 0 Å². The van der Waals surface area contributed by atoms with Crippen molar-refractivity contribution in [3.63, 3.8) is 0 Å². The number of halogens is 1. The van der Waals surface area contributed by atoms with Crippen LogP contribution in [0, 0.1) is 23.1 Å². The zero-order valence-electron chi connectivity index (χ0n) is 25.6. The van der Waals surface area contributed by atoms with Gasteiger partial charge in [-0.2, -0.15) is 0 Å². The Labute approximate surface area is 243 Å². The number of amides is 2. The lowest BCUT2D eigenvalue weighted by Gasteiger charge is -2.38. The molecule has 2 N–H and O–H groups in total. The highest BCUT2D eigenvalue weighted by atomic mass is 19.1. The number of hydrogen-bond donors (Lipinski definition) is 2. The van der Waals surface area contributed by atoms with Gasteiger partial charge >= 0.3 is 5.97 Å². The summed E-state index contributed by atoms with van der Waals surface area (Å²) in [6.45, 7) is 6.60. The number of rotatable bonds is 15. The summed E-state index contributed by atoms with van der Waals surface area (Å²) in [5.74, 6) is -2.73. The average Bonchev–Trinajstić information content (AvgIpc) is 3.59. The molecule has 2 aliphatic rings. The third kappa shape index (κ3) is 7.84. The van der Waals surface area contributed by atoms with Gasteiger partial charge in [-0.05, 0) is 56.3 Å². The molecular weight excluding hydrogens is 529 g/mol. The van der Waals surface area contributed by atoms with Crippen LogP contribution in [0.4, 0.5) is 4.39 Å². The van der Waals surface area contributed by atoms with Gasteiger partial charge in [0, 0.05) is 33.2 Å². The van der Waals surface area contributed by atoms with Gasteiger partial charge in [0.1, 0.15) is 11.9 Å². The van der Waals surface area contributed by atoms with Gasteiger partial charge in [0.15, 0.2) is 0 Å². The van der Waals surface area contributed by atoms with E-state index in [9.17, 15) is 23.9 Å². The molecule has 1 spiro atoms. The Morgan fingerprint density at radius 1 is 1.17 bits per heavy atom. The summed E-state index contributed by atoms with van der Waals surface area (Å²) >= 11 is 0. The smallest absolute Gasteiger partial charge is 0.326 e. The lowest BCUT2D eigenvalue weighted by atomic mass is 9.90. The second-order valence-electron chi connectivity index (χ2n) is 12.3. The minimum absolute atomic E-state index is 0.0293. The van der Waals surface area contributed by atoms with E-state index in [2.05, 4.69) is 24.1 Å². The zero-order chi connectivity index (χ0) is 30.5. The van der Waals surface area contributed by atoms with E-state index in [-0.39, 0.29) is 47.9 Å². The van der Waals surface area contributed by atoms with Crippen molar-refractivity contribution in [3.8, 4) is 0 Å². The third-order valence-electron chi connectivity index (χ3n) is 9.26. The van der Waals surface area contributed by atoms with E-state index in [1.165, 1.54) is 25.3 Å². The van der Waals surface area contributed by atoms with E-state index in [0.29, 0.717) is 12.5 Å². The molecule has 7 atom stereocenters. The Morgan fingerprint density at radius 3 is 2.34 bits per heavy atom. The summed E-state index contributed by atoms with van der Waals surface area (Å²) < 4.78 is 25.9. The highest BCUT2D eigenvalue weighted by Crippen LogP contribution is 2.56. The second-order valence-corrected chi connectivity index (χ2v) is 12.3. The monoisotopic (exact) mass is 577 g/mol. The normalized spacial score (nSPS) is 22.2. The van der Waals surface area contributed by atoms with Crippen molar-refractivity contribution in [3.05, 3.63) is 35.6 Å². The van der Waals surface area contributed by atoms with Crippen LogP contribution in [0.1, 0.15) is 58.4 Å². The van der Waals surface area contributed by atoms with Crippen LogP contribution in [0.5, 0.6) is 0 Å². The molecule has 9 nitrogen and oxygen atoms in total. The number of nitrogens with one attached hydrogen (secondary N) is 1. The molecule has 10 heteroatoms. The molecule has 1 saturated carbocycles. The lowest BCUT2D eigenvalue weighted by molar-refractivity contribution is -0.145. The van der Waals surface area contributed by atoms with E-state index >= 15 is 0 Å². The molecule has 1 aliphatic heterocycles. The first-order valence-electron chi connectivity index (χ1n) is 14.7. The van der Waals surface area contributed by atoms with E-state index in [1.54, 1.807) is 20.1 Å². The van der Waals surface area contributed by atoms with Crippen molar-refractivity contribution in [1.29, 1.82) is 0 Å². The molecule has 1 aliphatic carbocycles.